The molecule has 10 heteroatoms. The third-order valence-corrected chi connectivity index (χ3v) is 4.71. The highest BCUT2D eigenvalue weighted by Crippen LogP contribution is 2.23. The second-order valence-electron chi connectivity index (χ2n) is 6.23. The molecule has 0 bridgehead atoms. The fourth-order valence-corrected chi connectivity index (χ4v) is 3.40. The maximum absolute atomic E-state index is 13.7. The number of rotatable bonds is 5. The first kappa shape index (κ1) is 19.6. The van der Waals surface area contributed by atoms with Crippen LogP contribution in [0.1, 0.15) is 12.7 Å². The van der Waals surface area contributed by atoms with Crippen LogP contribution in [0, 0.1) is 5.82 Å². The zero-order chi connectivity index (χ0) is 19.1. The molecule has 0 fully saturated rings. The van der Waals surface area contributed by atoms with Gasteiger partial charge in [0.25, 0.3) is 5.82 Å². The second kappa shape index (κ2) is 7.43. The molecule has 1 amide bonds. The van der Waals surface area contributed by atoms with E-state index in [4.69, 9.17) is 5.73 Å². The molecule has 0 aliphatic rings. The summed E-state index contributed by atoms with van der Waals surface area (Å²) in [5.74, 6) is 0.962. The molecule has 28 heavy (non-hydrogen) atoms. The Kier molecular flexibility index (Phi) is 5.19. The summed E-state index contributed by atoms with van der Waals surface area (Å²) in [6, 6.07) is 6.41. The number of nitrogens with two attached hydrogens (primary N) is 1. The zero-order valence-corrected chi connectivity index (χ0v) is 16.1. The van der Waals surface area contributed by atoms with Crippen molar-refractivity contribution in [3.63, 3.8) is 0 Å². The Bertz CT molecular complexity index is 1170. The van der Waals surface area contributed by atoms with E-state index in [1.54, 1.807) is 18.3 Å². The lowest BCUT2D eigenvalue weighted by Gasteiger charge is -2.16. The molecule has 1 aromatic carbocycles. The highest BCUT2D eigenvalue weighted by atomic mass is 35.5. The van der Waals surface area contributed by atoms with Crippen molar-refractivity contribution >= 4 is 40.2 Å². The van der Waals surface area contributed by atoms with Crippen LogP contribution in [-0.4, -0.2) is 25.9 Å². The fraction of sp³-hybridized carbons (Fsp3) is 0.222. The van der Waals surface area contributed by atoms with E-state index in [-0.39, 0.29) is 36.4 Å². The van der Waals surface area contributed by atoms with Crippen LogP contribution in [0.2, 0.25) is 0 Å². The van der Waals surface area contributed by atoms with Crippen molar-refractivity contribution in [1.29, 1.82) is 0 Å². The van der Waals surface area contributed by atoms with E-state index in [0.29, 0.717) is 24.1 Å². The summed E-state index contributed by atoms with van der Waals surface area (Å²) < 4.78 is 17.6. The van der Waals surface area contributed by atoms with Gasteiger partial charge in [-0.3, -0.25) is 9.69 Å². The van der Waals surface area contributed by atoms with Gasteiger partial charge in [0.05, 0.1) is 13.6 Å². The van der Waals surface area contributed by atoms with Crippen LogP contribution in [0.4, 0.5) is 16.0 Å². The first-order valence-corrected chi connectivity index (χ1v) is 8.52. The largest absolute Gasteiger partial charge is 1.00 e. The van der Waals surface area contributed by atoms with Gasteiger partial charge in [-0.2, -0.15) is 0 Å². The minimum absolute atomic E-state index is 0. The quantitative estimate of drug-likeness (QED) is 0.318. The van der Waals surface area contributed by atoms with Gasteiger partial charge in [0.1, 0.15) is 17.9 Å². The van der Waals surface area contributed by atoms with E-state index in [0.717, 1.165) is 16.9 Å². The Morgan fingerprint density at radius 2 is 2.14 bits per heavy atom. The number of nitrogen functional groups attached to an aromatic ring is 1. The SMILES string of the molecule is CCn1c(CN(C=O)c2nc3cc[nH]c3nc2N)[n+](C)c2ccc(F)cc21.[Cl-]. The minimum atomic E-state index is -0.304. The summed E-state index contributed by atoms with van der Waals surface area (Å²) >= 11 is 0. The number of hydrogen-bond acceptors (Lipinski definition) is 4. The molecule has 0 aliphatic carbocycles. The Labute approximate surface area is 166 Å². The number of anilines is 2. The van der Waals surface area contributed by atoms with Crippen molar-refractivity contribution in [2.45, 2.75) is 20.0 Å². The summed E-state index contributed by atoms with van der Waals surface area (Å²) in [4.78, 5) is 24.9. The molecule has 0 saturated carbocycles. The number of H-pyrrole nitrogens is 1. The number of carbonyl (C=O) groups excluding carboxylic acids is 1. The van der Waals surface area contributed by atoms with Crippen molar-refractivity contribution in [1.82, 2.24) is 19.5 Å². The van der Waals surface area contributed by atoms with Gasteiger partial charge in [-0.05, 0) is 25.1 Å². The van der Waals surface area contributed by atoms with E-state index < -0.39 is 0 Å². The normalized spacial score (nSPS) is 11.0. The Morgan fingerprint density at radius 1 is 1.36 bits per heavy atom. The fourth-order valence-electron chi connectivity index (χ4n) is 3.40. The van der Waals surface area contributed by atoms with Crippen LogP contribution in [0.3, 0.4) is 0 Å². The number of hydrogen-bond donors (Lipinski definition) is 2. The molecule has 0 radical (unpaired) electrons. The number of amides is 1. The Morgan fingerprint density at radius 3 is 2.86 bits per heavy atom. The van der Waals surface area contributed by atoms with Gasteiger partial charge in [0.2, 0.25) is 6.41 Å². The molecule has 0 atom stereocenters. The average Bonchev–Trinajstić information content (AvgIpc) is 3.21. The number of aromatic nitrogens is 5. The van der Waals surface area contributed by atoms with E-state index in [1.165, 1.54) is 17.0 Å². The highest BCUT2D eigenvalue weighted by Gasteiger charge is 2.26. The van der Waals surface area contributed by atoms with Gasteiger partial charge in [-0.15, -0.1) is 0 Å². The van der Waals surface area contributed by atoms with Crippen LogP contribution in [0.15, 0.2) is 30.5 Å². The lowest BCUT2D eigenvalue weighted by molar-refractivity contribution is -0.653. The third-order valence-electron chi connectivity index (χ3n) is 4.71. The molecule has 0 unspecified atom stereocenters. The molecule has 3 N–H and O–H groups in total. The third kappa shape index (κ3) is 3.03. The van der Waals surface area contributed by atoms with Crippen LogP contribution in [0.25, 0.3) is 22.2 Å². The highest BCUT2D eigenvalue weighted by molar-refractivity contribution is 5.84. The Hall–Kier alpha value is -3.20. The summed E-state index contributed by atoms with van der Waals surface area (Å²) in [5, 5.41) is 0. The molecule has 3 aromatic heterocycles. The van der Waals surface area contributed by atoms with E-state index in [2.05, 4.69) is 15.0 Å². The standard InChI is InChI=1S/C18H19FN7O.ClH/c1-3-26-14-8-11(19)4-5-13(14)24(2)15(26)9-25(10-27)18-16(20)23-17-12(22-18)6-7-21-17;/h4-8,10H,3,9H2,1-2H3,(H3,20,21,23);1H/q+1;/p-1. The second-order valence-corrected chi connectivity index (χ2v) is 6.23. The number of imidazole rings is 1. The average molecular weight is 404 g/mol. The summed E-state index contributed by atoms with van der Waals surface area (Å²) in [6.45, 7) is 2.82. The number of carbonyl (C=O) groups is 1. The monoisotopic (exact) mass is 403 g/mol. The van der Waals surface area contributed by atoms with Gasteiger partial charge >= 0.3 is 0 Å². The van der Waals surface area contributed by atoms with Gasteiger partial charge in [0.15, 0.2) is 28.3 Å². The van der Waals surface area contributed by atoms with Gasteiger partial charge in [-0.1, -0.05) is 0 Å². The molecule has 0 aliphatic heterocycles. The minimum Gasteiger partial charge on any atom is -1.00 e. The lowest BCUT2D eigenvalue weighted by atomic mass is 10.3. The molecular weight excluding hydrogens is 385 g/mol. The maximum atomic E-state index is 13.7. The zero-order valence-electron chi connectivity index (χ0n) is 15.4. The number of aromatic amines is 1. The molecule has 3 heterocycles. The first-order chi connectivity index (χ1) is 13.0. The number of nitrogens with one attached hydrogen (secondary N) is 1. The number of nitrogens with zero attached hydrogens (tertiary/aromatic N) is 5. The summed E-state index contributed by atoms with van der Waals surface area (Å²) in [5.41, 5.74) is 8.84. The van der Waals surface area contributed by atoms with Crippen LogP contribution in [0.5, 0.6) is 0 Å². The van der Waals surface area contributed by atoms with Crippen molar-refractivity contribution in [2.24, 2.45) is 7.05 Å². The van der Waals surface area contributed by atoms with Crippen molar-refractivity contribution in [3.05, 3.63) is 42.1 Å². The molecule has 4 rings (SSSR count). The number of benzene rings is 1. The summed E-state index contributed by atoms with van der Waals surface area (Å²) in [7, 11) is 1.88. The Balaban J connectivity index is 0.00000225. The van der Waals surface area contributed by atoms with Crippen LogP contribution < -0.4 is 27.6 Å². The number of halogens is 2. The number of aryl methyl sites for hydroxylation is 2. The van der Waals surface area contributed by atoms with Crippen molar-refractivity contribution < 1.29 is 26.2 Å². The predicted octanol–water partition coefficient (Wildman–Crippen LogP) is -1.35. The van der Waals surface area contributed by atoms with Crippen molar-refractivity contribution in [3.8, 4) is 0 Å². The smallest absolute Gasteiger partial charge is 0.277 e. The van der Waals surface area contributed by atoms with E-state index >= 15 is 0 Å². The topological polar surface area (TPSA) is 96.7 Å². The van der Waals surface area contributed by atoms with Gasteiger partial charge in [-0.25, -0.2) is 23.5 Å². The maximum Gasteiger partial charge on any atom is 0.277 e. The first-order valence-electron chi connectivity index (χ1n) is 8.52. The van der Waals surface area contributed by atoms with Gasteiger partial charge < -0.3 is 23.1 Å². The van der Waals surface area contributed by atoms with E-state index in [1.807, 2.05) is 23.1 Å². The molecule has 146 valence electrons. The van der Waals surface area contributed by atoms with E-state index in [9.17, 15) is 9.18 Å². The lowest BCUT2D eigenvalue weighted by Crippen LogP contribution is -3.00. The molecule has 0 spiro atoms. The van der Waals surface area contributed by atoms with Gasteiger partial charge in [0, 0.05) is 12.3 Å². The van der Waals surface area contributed by atoms with Crippen LogP contribution >= 0.6 is 0 Å². The number of fused-ring (bicyclic) bond motifs is 2. The summed E-state index contributed by atoms with van der Waals surface area (Å²) in [6.07, 6.45) is 2.39. The molecule has 8 nitrogen and oxygen atoms in total. The molecule has 4 aromatic rings. The molecular formula is C18H19ClFN7O. The van der Waals surface area contributed by atoms with Crippen LogP contribution in [-0.2, 0) is 24.9 Å². The van der Waals surface area contributed by atoms with Crippen molar-refractivity contribution in [2.75, 3.05) is 10.6 Å². The predicted molar refractivity (Wildman–Crippen MR) is 99.3 cm³/mol. The molecule has 0 saturated heterocycles.